The topological polar surface area (TPSA) is 87.8 Å². The molecule has 1 fully saturated rings. The average molecular weight is 517 g/mol. The maximum absolute atomic E-state index is 13.4. The lowest BCUT2D eigenvalue weighted by Crippen LogP contribution is -2.39. The summed E-state index contributed by atoms with van der Waals surface area (Å²) in [5, 5.41) is 12.7. The molecule has 0 radical (unpaired) electrons. The highest BCUT2D eigenvalue weighted by Gasteiger charge is 2.46. The van der Waals surface area contributed by atoms with Crippen molar-refractivity contribution in [1.29, 1.82) is 5.26 Å². The molecule has 34 heavy (non-hydrogen) atoms. The van der Waals surface area contributed by atoms with Crippen LogP contribution in [-0.2, 0) is 12.1 Å². The number of halogens is 2. The lowest BCUT2D eigenvalue weighted by molar-refractivity contribution is 0.0929. The number of benzene rings is 2. The van der Waals surface area contributed by atoms with Gasteiger partial charge in [-0.15, -0.1) is 0 Å². The zero-order valence-corrected chi connectivity index (χ0v) is 19.5. The zero-order valence-electron chi connectivity index (χ0n) is 17.9. The van der Waals surface area contributed by atoms with Gasteiger partial charge in [0.15, 0.2) is 0 Å². The number of fused-ring (bicyclic) bond motifs is 1. The largest absolute Gasteiger partial charge is 0.342 e. The molecule has 0 spiro atoms. The van der Waals surface area contributed by atoms with Crippen LogP contribution in [0.3, 0.4) is 0 Å². The molecule has 2 heterocycles. The highest BCUT2D eigenvalue weighted by molar-refractivity contribution is 9.10. The second kappa shape index (κ2) is 8.50. The summed E-state index contributed by atoms with van der Waals surface area (Å²) >= 11 is 3.40. The van der Waals surface area contributed by atoms with Crippen molar-refractivity contribution in [3.8, 4) is 6.07 Å². The Morgan fingerprint density at radius 2 is 1.85 bits per heavy atom. The fraction of sp³-hybridized carbons (Fsp3) is 0.154. The Labute approximate surface area is 202 Å². The van der Waals surface area contributed by atoms with Crippen molar-refractivity contribution in [2.75, 3.05) is 0 Å². The Balaban J connectivity index is 1.54. The number of amides is 1. The van der Waals surface area contributed by atoms with Crippen LogP contribution in [0.15, 0.2) is 76.1 Å². The van der Waals surface area contributed by atoms with E-state index in [-0.39, 0.29) is 17.9 Å². The molecular weight excluding hydrogens is 499 g/mol. The van der Waals surface area contributed by atoms with Crippen LogP contribution in [0.2, 0.25) is 0 Å². The van der Waals surface area contributed by atoms with Gasteiger partial charge in [-0.25, -0.2) is 9.37 Å². The Hall–Kier alpha value is -3.83. The van der Waals surface area contributed by atoms with Crippen molar-refractivity contribution in [3.63, 3.8) is 0 Å². The molecule has 1 N–H and O–H groups in total. The summed E-state index contributed by atoms with van der Waals surface area (Å²) in [7, 11) is 0. The number of nitrogens with one attached hydrogen (secondary N) is 1. The molecule has 1 amide bonds. The fourth-order valence-electron chi connectivity index (χ4n) is 4.08. The smallest absolute Gasteiger partial charge is 0.265 e. The van der Waals surface area contributed by atoms with Crippen LogP contribution in [0, 0.1) is 17.1 Å². The molecule has 0 bridgehead atoms. The van der Waals surface area contributed by atoms with E-state index in [4.69, 9.17) is 5.26 Å². The number of carbonyl (C=O) groups is 1. The first-order valence-corrected chi connectivity index (χ1v) is 11.4. The summed E-state index contributed by atoms with van der Waals surface area (Å²) in [5.41, 5.74) is 1.57. The van der Waals surface area contributed by atoms with Gasteiger partial charge in [0.25, 0.3) is 11.5 Å². The Morgan fingerprint density at radius 3 is 2.50 bits per heavy atom. The van der Waals surface area contributed by atoms with Crippen molar-refractivity contribution in [2.45, 2.75) is 24.9 Å². The van der Waals surface area contributed by atoms with Crippen LogP contribution in [-0.4, -0.2) is 15.5 Å². The Morgan fingerprint density at radius 1 is 1.15 bits per heavy atom. The number of carbonyl (C=O) groups excluding carboxylic acids is 1. The number of hydrogen-bond acceptors (Lipinski definition) is 4. The molecule has 0 atom stereocenters. The van der Waals surface area contributed by atoms with Crippen LogP contribution in [0.4, 0.5) is 4.39 Å². The molecule has 2 aromatic carbocycles. The predicted octanol–water partition coefficient (Wildman–Crippen LogP) is 4.64. The molecule has 2 aromatic heterocycles. The maximum Gasteiger partial charge on any atom is 0.265 e. The molecule has 168 valence electrons. The van der Waals surface area contributed by atoms with Gasteiger partial charge in [-0.1, -0.05) is 24.3 Å². The summed E-state index contributed by atoms with van der Waals surface area (Å²) in [6, 6.07) is 18.4. The first-order chi connectivity index (χ1) is 16.4. The average Bonchev–Trinajstić information content (AvgIpc) is 3.62. The van der Waals surface area contributed by atoms with Crippen LogP contribution in [0.25, 0.3) is 11.0 Å². The molecule has 0 aliphatic heterocycles. The number of aromatic nitrogens is 2. The quantitative estimate of drug-likeness (QED) is 0.418. The van der Waals surface area contributed by atoms with Gasteiger partial charge in [-0.3, -0.25) is 14.2 Å². The molecule has 1 aliphatic rings. The standard InChI is InChI=1S/C26H18BrFN4O2/c27-20-11-18-12-22(24(33)31-26(9-10-26)19-5-1-16(13-29)2-6-19)25(34)32(23(18)30-14-20)15-17-3-7-21(28)8-4-17/h1-8,11-12,14H,9-10,15H2,(H,31,33). The summed E-state index contributed by atoms with van der Waals surface area (Å²) in [4.78, 5) is 31.2. The number of rotatable bonds is 5. The third kappa shape index (κ3) is 4.11. The molecule has 8 heteroatoms. The third-order valence-corrected chi connectivity index (χ3v) is 6.49. The molecule has 0 unspecified atom stereocenters. The van der Waals surface area contributed by atoms with Gasteiger partial charge in [0.2, 0.25) is 0 Å². The second-order valence-corrected chi connectivity index (χ2v) is 9.28. The Kier molecular flexibility index (Phi) is 5.50. The predicted molar refractivity (Wildman–Crippen MR) is 129 cm³/mol. The van der Waals surface area contributed by atoms with Gasteiger partial charge in [0.1, 0.15) is 17.0 Å². The van der Waals surface area contributed by atoms with E-state index in [9.17, 15) is 14.0 Å². The Bertz CT molecular complexity index is 1520. The number of pyridine rings is 2. The van der Waals surface area contributed by atoms with Crippen LogP contribution >= 0.6 is 15.9 Å². The van der Waals surface area contributed by atoms with E-state index in [1.165, 1.54) is 16.7 Å². The van der Waals surface area contributed by atoms with Crippen LogP contribution in [0.5, 0.6) is 0 Å². The van der Waals surface area contributed by atoms with Crippen LogP contribution < -0.4 is 10.9 Å². The zero-order chi connectivity index (χ0) is 23.9. The van der Waals surface area contributed by atoms with Gasteiger partial charge >= 0.3 is 0 Å². The van der Waals surface area contributed by atoms with Gasteiger partial charge in [-0.05, 0) is 76.3 Å². The normalized spacial score (nSPS) is 13.9. The van der Waals surface area contributed by atoms with Gasteiger partial charge in [0.05, 0.1) is 23.7 Å². The van der Waals surface area contributed by atoms with Crippen molar-refractivity contribution < 1.29 is 9.18 Å². The molecule has 1 saturated carbocycles. The van der Waals surface area contributed by atoms with E-state index in [1.54, 1.807) is 42.6 Å². The summed E-state index contributed by atoms with van der Waals surface area (Å²) in [6.07, 6.45) is 3.08. The lowest BCUT2D eigenvalue weighted by atomic mass is 10.0. The van der Waals surface area contributed by atoms with E-state index in [0.29, 0.717) is 22.2 Å². The monoisotopic (exact) mass is 516 g/mol. The van der Waals surface area contributed by atoms with Crippen molar-refractivity contribution >= 4 is 32.9 Å². The molecule has 1 aliphatic carbocycles. The molecule has 4 aromatic rings. The van der Waals surface area contributed by atoms with Crippen molar-refractivity contribution in [3.05, 3.63) is 110 Å². The molecule has 6 nitrogen and oxygen atoms in total. The number of hydrogen-bond donors (Lipinski definition) is 1. The van der Waals surface area contributed by atoms with Gasteiger partial charge in [0, 0.05) is 16.1 Å². The highest BCUT2D eigenvalue weighted by atomic mass is 79.9. The summed E-state index contributed by atoms with van der Waals surface area (Å²) in [5.74, 6) is -0.838. The van der Waals surface area contributed by atoms with E-state index in [0.717, 1.165) is 22.9 Å². The minimum Gasteiger partial charge on any atom is -0.342 e. The SMILES string of the molecule is N#Cc1ccc(C2(NC(=O)c3cc4cc(Br)cnc4n(Cc4ccc(F)cc4)c3=O)CC2)cc1. The lowest BCUT2D eigenvalue weighted by Gasteiger charge is -2.19. The second-order valence-electron chi connectivity index (χ2n) is 8.37. The van der Waals surface area contributed by atoms with E-state index < -0.39 is 17.0 Å². The molecule has 5 rings (SSSR count). The minimum atomic E-state index is -0.552. The first-order valence-electron chi connectivity index (χ1n) is 10.7. The summed E-state index contributed by atoms with van der Waals surface area (Å²) < 4.78 is 15.5. The van der Waals surface area contributed by atoms with E-state index >= 15 is 0 Å². The van der Waals surface area contributed by atoms with Gasteiger partial charge in [-0.2, -0.15) is 5.26 Å². The number of nitriles is 1. The van der Waals surface area contributed by atoms with Crippen LogP contribution in [0.1, 0.15) is 39.9 Å². The fourth-order valence-corrected chi connectivity index (χ4v) is 4.43. The van der Waals surface area contributed by atoms with E-state index in [2.05, 4.69) is 32.3 Å². The van der Waals surface area contributed by atoms with Crippen molar-refractivity contribution in [1.82, 2.24) is 14.9 Å². The summed E-state index contributed by atoms with van der Waals surface area (Å²) in [6.45, 7) is 0.145. The maximum atomic E-state index is 13.4. The van der Waals surface area contributed by atoms with Gasteiger partial charge < -0.3 is 5.32 Å². The molecular formula is C26H18BrFN4O2. The highest BCUT2D eigenvalue weighted by Crippen LogP contribution is 2.45. The van der Waals surface area contributed by atoms with Crippen molar-refractivity contribution in [2.24, 2.45) is 0 Å². The van der Waals surface area contributed by atoms with E-state index in [1.807, 2.05) is 12.1 Å². The minimum absolute atomic E-state index is 0.00873. The number of nitrogens with zero attached hydrogens (tertiary/aromatic N) is 3. The third-order valence-electron chi connectivity index (χ3n) is 6.06. The molecule has 0 saturated heterocycles. The first kappa shape index (κ1) is 22.0.